The molecule has 1 aliphatic rings. The van der Waals surface area contributed by atoms with Gasteiger partial charge in [-0.3, -0.25) is 0 Å². The van der Waals surface area contributed by atoms with Crippen molar-refractivity contribution >= 4 is 21.6 Å². The number of aryl methyl sites for hydroxylation is 1. The first kappa shape index (κ1) is 18.2. The van der Waals surface area contributed by atoms with Crippen molar-refractivity contribution in [2.45, 2.75) is 51.1 Å². The van der Waals surface area contributed by atoms with Gasteiger partial charge in [-0.2, -0.15) is 0 Å². The van der Waals surface area contributed by atoms with Crippen LogP contribution < -0.4 is 5.32 Å². The molecule has 1 aliphatic carbocycles. The fraction of sp³-hybridized carbons (Fsp3) is 0.381. The van der Waals surface area contributed by atoms with Crippen molar-refractivity contribution in [1.82, 2.24) is 20.2 Å². The van der Waals surface area contributed by atoms with Gasteiger partial charge in [-0.25, -0.2) is 4.68 Å². The normalized spacial score (nSPS) is 16.2. The predicted molar refractivity (Wildman–Crippen MR) is 111 cm³/mol. The van der Waals surface area contributed by atoms with Crippen molar-refractivity contribution < 1.29 is 0 Å². The average Bonchev–Trinajstić information content (AvgIpc) is 3.18. The van der Waals surface area contributed by atoms with Gasteiger partial charge in [-0.15, -0.1) is 5.10 Å². The summed E-state index contributed by atoms with van der Waals surface area (Å²) in [5.74, 6) is 0.882. The second-order valence-corrected chi connectivity index (χ2v) is 8.13. The molecule has 1 saturated carbocycles. The Morgan fingerprint density at radius 2 is 1.78 bits per heavy atom. The summed E-state index contributed by atoms with van der Waals surface area (Å²) in [6.45, 7) is 2.12. The maximum atomic E-state index is 4.44. The van der Waals surface area contributed by atoms with Crippen LogP contribution in [-0.4, -0.2) is 20.2 Å². The molecule has 0 amide bonds. The molecule has 6 heteroatoms. The van der Waals surface area contributed by atoms with Crippen LogP contribution in [-0.2, 0) is 0 Å². The van der Waals surface area contributed by atoms with Crippen LogP contribution in [0.4, 0.5) is 5.69 Å². The van der Waals surface area contributed by atoms with Crippen LogP contribution in [0, 0.1) is 6.92 Å². The molecule has 27 heavy (non-hydrogen) atoms. The highest BCUT2D eigenvalue weighted by atomic mass is 79.9. The molecule has 140 valence electrons. The molecule has 1 aromatic heterocycles. The third kappa shape index (κ3) is 4.05. The molecule has 1 atom stereocenters. The Balaban J connectivity index is 1.73. The van der Waals surface area contributed by atoms with Crippen molar-refractivity contribution in [3.8, 4) is 0 Å². The standard InChI is InChI=1S/C21H24BrN5/c1-15-7-5-6-10-19(15)23-20(16-11-13-17(22)14-12-16)21-24-25-26-27(21)18-8-3-2-4-9-18/h5-7,10-14,18,20,23H,2-4,8-9H2,1H3/t20-/m1/s1. The number of nitrogens with one attached hydrogen (secondary N) is 1. The van der Waals surface area contributed by atoms with Crippen LogP contribution in [0.2, 0.25) is 0 Å². The van der Waals surface area contributed by atoms with E-state index in [0.717, 1.165) is 34.4 Å². The lowest BCUT2D eigenvalue weighted by molar-refractivity contribution is 0.315. The first-order valence-corrected chi connectivity index (χ1v) is 10.4. The van der Waals surface area contributed by atoms with E-state index in [0.29, 0.717) is 6.04 Å². The van der Waals surface area contributed by atoms with Crippen LogP contribution in [0.5, 0.6) is 0 Å². The number of anilines is 1. The Morgan fingerprint density at radius 1 is 1.04 bits per heavy atom. The number of rotatable bonds is 5. The minimum atomic E-state index is -0.101. The molecule has 1 N–H and O–H groups in total. The van der Waals surface area contributed by atoms with Crippen LogP contribution >= 0.6 is 15.9 Å². The van der Waals surface area contributed by atoms with Crippen molar-refractivity contribution in [2.75, 3.05) is 5.32 Å². The number of tetrazole rings is 1. The number of nitrogens with zero attached hydrogens (tertiary/aromatic N) is 4. The highest BCUT2D eigenvalue weighted by Gasteiger charge is 2.26. The first-order chi connectivity index (χ1) is 13.2. The quantitative estimate of drug-likeness (QED) is 0.590. The Kier molecular flexibility index (Phi) is 5.53. The SMILES string of the molecule is Cc1ccccc1N[C@H](c1ccc(Br)cc1)c1nnnn1C1CCCCC1. The molecule has 0 spiro atoms. The largest absolute Gasteiger partial charge is 0.371 e. The number of benzene rings is 2. The lowest BCUT2D eigenvalue weighted by atomic mass is 9.95. The summed E-state index contributed by atoms with van der Waals surface area (Å²) in [7, 11) is 0. The van der Waals surface area contributed by atoms with E-state index >= 15 is 0 Å². The summed E-state index contributed by atoms with van der Waals surface area (Å²) in [6.07, 6.45) is 6.10. The lowest BCUT2D eigenvalue weighted by Gasteiger charge is -2.26. The third-order valence-electron chi connectivity index (χ3n) is 5.35. The van der Waals surface area contributed by atoms with E-state index in [1.54, 1.807) is 0 Å². The fourth-order valence-electron chi connectivity index (χ4n) is 3.82. The number of hydrogen-bond acceptors (Lipinski definition) is 4. The number of aromatic nitrogens is 4. The summed E-state index contributed by atoms with van der Waals surface area (Å²) < 4.78 is 3.12. The molecule has 0 unspecified atom stereocenters. The van der Waals surface area contributed by atoms with Crippen molar-refractivity contribution in [3.63, 3.8) is 0 Å². The zero-order valence-corrected chi connectivity index (χ0v) is 17.1. The molecule has 0 aliphatic heterocycles. The Morgan fingerprint density at radius 3 is 2.52 bits per heavy atom. The van der Waals surface area contributed by atoms with E-state index in [1.807, 2.05) is 0 Å². The second-order valence-electron chi connectivity index (χ2n) is 7.22. The number of hydrogen-bond donors (Lipinski definition) is 1. The third-order valence-corrected chi connectivity index (χ3v) is 5.87. The first-order valence-electron chi connectivity index (χ1n) is 9.58. The van der Waals surface area contributed by atoms with Crippen LogP contribution in [0.25, 0.3) is 0 Å². The van der Waals surface area contributed by atoms with E-state index < -0.39 is 0 Å². The minimum absolute atomic E-state index is 0.101. The molecule has 0 saturated heterocycles. The van der Waals surface area contributed by atoms with Gasteiger partial charge >= 0.3 is 0 Å². The Bertz CT molecular complexity index is 884. The van der Waals surface area contributed by atoms with Gasteiger partial charge in [-0.1, -0.05) is 65.5 Å². The molecule has 4 rings (SSSR count). The molecule has 0 bridgehead atoms. The highest BCUT2D eigenvalue weighted by Crippen LogP contribution is 2.33. The van der Waals surface area contributed by atoms with Crippen LogP contribution in [0.3, 0.4) is 0 Å². The van der Waals surface area contributed by atoms with E-state index in [2.05, 4.69) is 96.9 Å². The van der Waals surface area contributed by atoms with Crippen molar-refractivity contribution in [1.29, 1.82) is 0 Å². The summed E-state index contributed by atoms with van der Waals surface area (Å²) in [5, 5.41) is 16.5. The van der Waals surface area contributed by atoms with Gasteiger partial charge in [0.15, 0.2) is 5.82 Å². The number of para-hydroxylation sites is 1. The van der Waals surface area contributed by atoms with E-state index in [9.17, 15) is 0 Å². The summed E-state index contributed by atoms with van der Waals surface area (Å²) in [6, 6.07) is 17.0. The van der Waals surface area contributed by atoms with Crippen molar-refractivity contribution in [3.05, 3.63) is 70.0 Å². The lowest BCUT2D eigenvalue weighted by Crippen LogP contribution is -2.23. The molecule has 5 nitrogen and oxygen atoms in total. The maximum absolute atomic E-state index is 4.44. The molecule has 2 aromatic carbocycles. The van der Waals surface area contributed by atoms with E-state index in [4.69, 9.17) is 0 Å². The van der Waals surface area contributed by atoms with Gasteiger partial charge in [0.1, 0.15) is 6.04 Å². The molecule has 1 heterocycles. The average molecular weight is 426 g/mol. The van der Waals surface area contributed by atoms with Gasteiger partial charge in [0.25, 0.3) is 0 Å². The molecule has 0 radical (unpaired) electrons. The van der Waals surface area contributed by atoms with Crippen LogP contribution in [0.1, 0.15) is 61.1 Å². The monoisotopic (exact) mass is 425 g/mol. The van der Waals surface area contributed by atoms with Gasteiger partial charge in [0, 0.05) is 10.2 Å². The van der Waals surface area contributed by atoms with Gasteiger partial charge in [-0.05, 0) is 59.5 Å². The zero-order valence-electron chi connectivity index (χ0n) is 15.5. The fourth-order valence-corrected chi connectivity index (χ4v) is 4.08. The molecule has 3 aromatic rings. The topological polar surface area (TPSA) is 55.6 Å². The summed E-state index contributed by atoms with van der Waals surface area (Å²) >= 11 is 3.53. The maximum Gasteiger partial charge on any atom is 0.178 e. The Labute approximate surface area is 168 Å². The molecular formula is C21H24BrN5. The van der Waals surface area contributed by atoms with Gasteiger partial charge < -0.3 is 5.32 Å². The van der Waals surface area contributed by atoms with Crippen LogP contribution in [0.15, 0.2) is 53.0 Å². The van der Waals surface area contributed by atoms with Crippen molar-refractivity contribution in [2.24, 2.45) is 0 Å². The summed E-state index contributed by atoms with van der Waals surface area (Å²) in [4.78, 5) is 0. The van der Waals surface area contributed by atoms with Gasteiger partial charge in [0.2, 0.25) is 0 Å². The smallest absolute Gasteiger partial charge is 0.178 e. The molecule has 1 fully saturated rings. The second kappa shape index (κ2) is 8.21. The minimum Gasteiger partial charge on any atom is -0.371 e. The van der Waals surface area contributed by atoms with E-state index in [1.165, 1.54) is 24.8 Å². The van der Waals surface area contributed by atoms with E-state index in [-0.39, 0.29) is 6.04 Å². The number of halogens is 1. The highest BCUT2D eigenvalue weighted by molar-refractivity contribution is 9.10. The van der Waals surface area contributed by atoms with Gasteiger partial charge in [0.05, 0.1) is 6.04 Å². The zero-order chi connectivity index (χ0) is 18.6. The Hall–Kier alpha value is -2.21. The molecular weight excluding hydrogens is 402 g/mol. The summed E-state index contributed by atoms with van der Waals surface area (Å²) in [5.41, 5.74) is 3.45. The predicted octanol–water partition coefficient (Wildman–Crippen LogP) is 5.45.